The highest BCUT2D eigenvalue weighted by Crippen LogP contribution is 2.33. The minimum atomic E-state index is -0.246. The average molecular weight is 332 g/mol. The summed E-state index contributed by atoms with van der Waals surface area (Å²) in [7, 11) is 3.59. The highest BCUT2D eigenvalue weighted by Gasteiger charge is 2.42. The summed E-state index contributed by atoms with van der Waals surface area (Å²) in [6.07, 6.45) is 1.94. The number of rotatable bonds is 6. The Kier molecular flexibility index (Phi) is 5.87. The summed E-state index contributed by atoms with van der Waals surface area (Å²) in [5.41, 5.74) is 1.21. The molecule has 0 radical (unpaired) electrons. The van der Waals surface area contributed by atoms with Crippen molar-refractivity contribution in [3.8, 4) is 0 Å². The first kappa shape index (κ1) is 17.4. The maximum Gasteiger partial charge on any atom is 0.251 e. The van der Waals surface area contributed by atoms with Crippen LogP contribution in [0.15, 0.2) is 30.3 Å². The largest absolute Gasteiger partial charge is 0.375 e. The van der Waals surface area contributed by atoms with Crippen LogP contribution in [0.25, 0.3) is 0 Å². The number of hydrogen-bond acceptors (Lipinski definition) is 4. The van der Waals surface area contributed by atoms with Crippen molar-refractivity contribution in [1.82, 2.24) is 9.80 Å². The van der Waals surface area contributed by atoms with E-state index in [-0.39, 0.29) is 18.1 Å². The number of benzene rings is 1. The molecule has 5 nitrogen and oxygen atoms in total. The minimum absolute atomic E-state index is 0.0992. The van der Waals surface area contributed by atoms with Gasteiger partial charge in [0.1, 0.15) is 6.10 Å². The number of amides is 1. The molecular weight excluding hydrogens is 304 g/mol. The van der Waals surface area contributed by atoms with Crippen LogP contribution < -0.4 is 0 Å². The Bertz CT molecular complexity index is 535. The van der Waals surface area contributed by atoms with Crippen LogP contribution in [0.3, 0.4) is 0 Å². The van der Waals surface area contributed by atoms with Crippen LogP contribution in [0.4, 0.5) is 0 Å². The monoisotopic (exact) mass is 332 g/mol. The molecule has 0 spiro atoms. The van der Waals surface area contributed by atoms with Crippen molar-refractivity contribution in [2.24, 2.45) is 5.92 Å². The molecule has 0 aliphatic carbocycles. The Morgan fingerprint density at radius 1 is 1.33 bits per heavy atom. The van der Waals surface area contributed by atoms with Gasteiger partial charge in [0.15, 0.2) is 0 Å². The molecule has 3 rings (SSSR count). The third-order valence-electron chi connectivity index (χ3n) is 5.02. The van der Waals surface area contributed by atoms with Crippen LogP contribution in [0.1, 0.15) is 18.4 Å². The minimum Gasteiger partial charge on any atom is -0.375 e. The molecule has 2 saturated heterocycles. The van der Waals surface area contributed by atoms with Crippen LogP contribution in [-0.2, 0) is 20.9 Å². The molecule has 0 N–H and O–H groups in total. The number of ether oxygens (including phenoxy) is 2. The highest BCUT2D eigenvalue weighted by molar-refractivity contribution is 5.80. The van der Waals surface area contributed by atoms with Gasteiger partial charge in [0.2, 0.25) is 0 Å². The van der Waals surface area contributed by atoms with E-state index in [1.807, 2.05) is 18.2 Å². The van der Waals surface area contributed by atoms with Gasteiger partial charge < -0.3 is 14.4 Å². The lowest BCUT2D eigenvalue weighted by Gasteiger charge is -2.33. The zero-order valence-corrected chi connectivity index (χ0v) is 14.7. The number of carbonyl (C=O) groups excluding carboxylic acids is 1. The Morgan fingerprint density at radius 2 is 2.12 bits per heavy atom. The quantitative estimate of drug-likeness (QED) is 0.745. The van der Waals surface area contributed by atoms with Gasteiger partial charge in [0, 0.05) is 27.2 Å². The Morgan fingerprint density at radius 3 is 2.88 bits per heavy atom. The number of piperidine rings is 1. The molecule has 0 bridgehead atoms. The third kappa shape index (κ3) is 4.35. The molecule has 2 aliphatic rings. The summed E-state index contributed by atoms with van der Waals surface area (Å²) in [4.78, 5) is 16.1. The number of likely N-dealkylation sites (tertiary alicyclic amines) is 1. The smallest absolute Gasteiger partial charge is 0.251 e. The molecule has 2 fully saturated rings. The van der Waals surface area contributed by atoms with E-state index in [1.165, 1.54) is 5.56 Å². The van der Waals surface area contributed by atoms with Crippen LogP contribution in [-0.4, -0.2) is 68.3 Å². The van der Waals surface area contributed by atoms with E-state index in [0.29, 0.717) is 12.5 Å². The lowest BCUT2D eigenvalue weighted by Crippen LogP contribution is -2.43. The topological polar surface area (TPSA) is 42.0 Å². The van der Waals surface area contributed by atoms with Gasteiger partial charge in [-0.15, -0.1) is 0 Å². The van der Waals surface area contributed by atoms with Gasteiger partial charge in [-0.1, -0.05) is 30.3 Å². The SMILES string of the molecule is CN(C)C(=O)[C@H]1C[C@@H]2CCN(CCOCc3ccccc3)C[C@H]2O1. The molecule has 132 valence electrons. The van der Waals surface area contributed by atoms with Gasteiger partial charge in [-0.05, 0) is 30.9 Å². The van der Waals surface area contributed by atoms with Crippen LogP contribution in [0, 0.1) is 5.92 Å². The fraction of sp³-hybridized carbons (Fsp3) is 0.632. The number of fused-ring (bicyclic) bond motifs is 1. The molecule has 24 heavy (non-hydrogen) atoms. The van der Waals surface area contributed by atoms with Crippen molar-refractivity contribution in [2.45, 2.75) is 31.7 Å². The summed E-state index contributed by atoms with van der Waals surface area (Å²) >= 11 is 0. The van der Waals surface area contributed by atoms with Crippen molar-refractivity contribution < 1.29 is 14.3 Å². The first-order chi connectivity index (χ1) is 11.6. The second kappa shape index (κ2) is 8.10. The van der Waals surface area contributed by atoms with Gasteiger partial charge in [0.25, 0.3) is 5.91 Å². The Balaban J connectivity index is 1.38. The number of likely N-dealkylation sites (N-methyl/N-ethyl adjacent to an activating group) is 1. The standard InChI is InChI=1S/C19H28N2O3/c1-20(2)19(22)17-12-16-8-9-21(13-18(16)24-17)10-11-23-14-15-6-4-3-5-7-15/h3-7,16-18H,8-14H2,1-2H3/t16-,17+,18+/m0/s1. The Labute approximate surface area is 144 Å². The molecular formula is C19H28N2O3. The summed E-state index contributed by atoms with van der Waals surface area (Å²) in [6, 6.07) is 10.3. The third-order valence-corrected chi connectivity index (χ3v) is 5.02. The summed E-state index contributed by atoms with van der Waals surface area (Å²) in [5.74, 6) is 0.627. The van der Waals surface area contributed by atoms with E-state index in [0.717, 1.165) is 39.1 Å². The van der Waals surface area contributed by atoms with E-state index in [2.05, 4.69) is 17.0 Å². The van der Waals surface area contributed by atoms with Gasteiger partial charge in [-0.2, -0.15) is 0 Å². The average Bonchev–Trinajstić information content (AvgIpc) is 3.02. The number of carbonyl (C=O) groups is 1. The Hall–Kier alpha value is -1.43. The molecule has 3 atom stereocenters. The van der Waals surface area contributed by atoms with Crippen molar-refractivity contribution in [3.63, 3.8) is 0 Å². The van der Waals surface area contributed by atoms with Crippen molar-refractivity contribution in [2.75, 3.05) is 40.3 Å². The summed E-state index contributed by atoms with van der Waals surface area (Å²) < 4.78 is 11.8. The van der Waals surface area contributed by atoms with Crippen molar-refractivity contribution >= 4 is 5.91 Å². The van der Waals surface area contributed by atoms with E-state index >= 15 is 0 Å². The maximum atomic E-state index is 12.1. The normalized spacial score (nSPS) is 27.0. The lowest BCUT2D eigenvalue weighted by molar-refractivity contribution is -0.141. The van der Waals surface area contributed by atoms with E-state index in [4.69, 9.17) is 9.47 Å². The van der Waals surface area contributed by atoms with E-state index in [9.17, 15) is 4.79 Å². The molecule has 1 amide bonds. The van der Waals surface area contributed by atoms with Gasteiger partial charge in [-0.25, -0.2) is 0 Å². The predicted molar refractivity (Wildman–Crippen MR) is 92.6 cm³/mol. The first-order valence-corrected chi connectivity index (χ1v) is 8.84. The van der Waals surface area contributed by atoms with E-state index in [1.54, 1.807) is 19.0 Å². The van der Waals surface area contributed by atoms with Crippen molar-refractivity contribution in [1.29, 1.82) is 0 Å². The number of hydrogen-bond donors (Lipinski definition) is 0. The van der Waals surface area contributed by atoms with Gasteiger partial charge in [-0.3, -0.25) is 9.69 Å². The zero-order chi connectivity index (χ0) is 16.9. The molecule has 1 aromatic rings. The maximum absolute atomic E-state index is 12.1. The van der Waals surface area contributed by atoms with Crippen LogP contribution in [0.5, 0.6) is 0 Å². The summed E-state index contributed by atoms with van der Waals surface area (Å²) in [6.45, 7) is 4.30. The highest BCUT2D eigenvalue weighted by atomic mass is 16.5. The fourth-order valence-corrected chi connectivity index (χ4v) is 3.60. The molecule has 2 aliphatic heterocycles. The van der Waals surface area contributed by atoms with Crippen molar-refractivity contribution in [3.05, 3.63) is 35.9 Å². The lowest BCUT2D eigenvalue weighted by atomic mass is 9.91. The molecule has 5 heteroatoms. The van der Waals surface area contributed by atoms with E-state index < -0.39 is 0 Å². The second-order valence-corrected chi connectivity index (χ2v) is 7.02. The fourth-order valence-electron chi connectivity index (χ4n) is 3.60. The number of nitrogens with zero attached hydrogens (tertiary/aromatic N) is 2. The van der Waals surface area contributed by atoms with Crippen LogP contribution >= 0.6 is 0 Å². The predicted octanol–water partition coefficient (Wildman–Crippen LogP) is 1.77. The zero-order valence-electron chi connectivity index (χ0n) is 14.7. The molecule has 0 unspecified atom stereocenters. The second-order valence-electron chi connectivity index (χ2n) is 7.02. The molecule has 0 saturated carbocycles. The molecule has 2 heterocycles. The van der Waals surface area contributed by atoms with Gasteiger partial charge >= 0.3 is 0 Å². The summed E-state index contributed by atoms with van der Waals surface area (Å²) in [5, 5.41) is 0. The molecule has 0 aromatic heterocycles. The van der Waals surface area contributed by atoms with Gasteiger partial charge in [0.05, 0.1) is 19.3 Å². The van der Waals surface area contributed by atoms with Crippen LogP contribution in [0.2, 0.25) is 0 Å². The first-order valence-electron chi connectivity index (χ1n) is 8.84. The molecule has 1 aromatic carbocycles.